The number of amides is 1. The molecule has 0 aliphatic carbocycles. The second kappa shape index (κ2) is 5.62. The van der Waals surface area contributed by atoms with Crippen LogP contribution in [0.4, 0.5) is 5.69 Å². The van der Waals surface area contributed by atoms with Gasteiger partial charge in [-0.3, -0.25) is 19.0 Å². The average Bonchev–Trinajstić information content (AvgIpc) is 2.93. The summed E-state index contributed by atoms with van der Waals surface area (Å²) in [5, 5.41) is 32.6. The summed E-state index contributed by atoms with van der Waals surface area (Å²) in [7, 11) is 0. The predicted octanol–water partition coefficient (Wildman–Crippen LogP) is 0.931. The van der Waals surface area contributed by atoms with Gasteiger partial charge in [0, 0.05) is 22.8 Å². The highest BCUT2D eigenvalue weighted by Crippen LogP contribution is 2.45. The van der Waals surface area contributed by atoms with Crippen LogP contribution in [0.15, 0.2) is 23.0 Å². The molecule has 0 fully saturated rings. The maximum Gasteiger partial charge on any atom is 0.310 e. The number of hydrogen-bond donors (Lipinski definition) is 4. The average molecular weight is 371 g/mol. The number of benzene rings is 1. The second-order valence-electron chi connectivity index (χ2n) is 5.17. The molecule has 10 heteroatoms. The lowest BCUT2D eigenvalue weighted by molar-refractivity contribution is -0.137. The Morgan fingerprint density at radius 3 is 2.75 bits per heavy atom. The number of thiazole rings is 1. The Morgan fingerprint density at radius 2 is 2.08 bits per heavy atom. The molecule has 0 saturated heterocycles. The molecule has 1 aliphatic rings. The number of carbonyl (C=O) groups excluding carboxylic acids is 1. The van der Waals surface area contributed by atoms with Crippen LogP contribution in [-0.2, 0) is 21.7 Å². The molecule has 3 rings (SSSR count). The Kier molecular flexibility index (Phi) is 3.86. The van der Waals surface area contributed by atoms with E-state index in [1.54, 1.807) is 0 Å². The Labute approximate surface area is 143 Å². The first-order valence-corrected chi connectivity index (χ1v) is 7.93. The van der Waals surface area contributed by atoms with Crippen molar-refractivity contribution in [3.05, 3.63) is 43.3 Å². The van der Waals surface area contributed by atoms with Gasteiger partial charge in [0.2, 0.25) is 11.5 Å². The van der Waals surface area contributed by atoms with E-state index in [2.05, 4.69) is 5.32 Å². The Bertz CT molecular complexity index is 920. The second-order valence-corrected chi connectivity index (χ2v) is 6.57. The molecule has 0 spiro atoms. The highest BCUT2D eigenvalue weighted by Gasteiger charge is 2.50. The van der Waals surface area contributed by atoms with E-state index in [0.717, 1.165) is 4.57 Å². The summed E-state index contributed by atoms with van der Waals surface area (Å²) in [4.78, 5) is 34.0. The van der Waals surface area contributed by atoms with E-state index in [0.29, 0.717) is 17.0 Å². The zero-order chi connectivity index (χ0) is 17.6. The number of aliphatic carboxylic acids is 1. The van der Waals surface area contributed by atoms with Crippen molar-refractivity contribution in [2.24, 2.45) is 0 Å². The van der Waals surface area contributed by atoms with Gasteiger partial charge in [0.15, 0.2) is 0 Å². The monoisotopic (exact) mass is 370 g/mol. The van der Waals surface area contributed by atoms with Gasteiger partial charge < -0.3 is 20.6 Å². The van der Waals surface area contributed by atoms with Crippen LogP contribution in [0, 0.1) is 0 Å². The lowest BCUT2D eigenvalue weighted by atomic mass is 9.94. The van der Waals surface area contributed by atoms with Crippen LogP contribution in [0.2, 0.25) is 5.02 Å². The summed E-state index contributed by atoms with van der Waals surface area (Å²) < 4.78 is 0.807. The molecule has 126 valence electrons. The molecule has 1 aromatic carbocycles. The van der Waals surface area contributed by atoms with Crippen LogP contribution < -0.4 is 10.2 Å². The molecule has 0 saturated carbocycles. The number of rotatable bonds is 4. The molecule has 1 aromatic heterocycles. The minimum atomic E-state index is -2.28. The number of carboxylic acid groups (broad SMARTS) is 1. The molecule has 2 aromatic rings. The van der Waals surface area contributed by atoms with E-state index in [-0.39, 0.29) is 22.0 Å². The van der Waals surface area contributed by atoms with Crippen molar-refractivity contribution in [1.29, 1.82) is 0 Å². The standard InChI is InChI=1S/C14H11ClN2O6S/c15-6-1-2-8-7(5-6)14(23,12(21)16-8)10-11(20)17(13(22)24-10)4-3-9(18)19/h1-2,5,20,23H,3-4H2,(H,16,21)(H,18,19). The van der Waals surface area contributed by atoms with Crippen LogP contribution >= 0.6 is 22.9 Å². The maximum absolute atomic E-state index is 12.3. The number of halogens is 1. The molecule has 0 radical (unpaired) electrons. The van der Waals surface area contributed by atoms with Gasteiger partial charge in [-0.25, -0.2) is 0 Å². The highest BCUT2D eigenvalue weighted by atomic mass is 35.5. The summed E-state index contributed by atoms with van der Waals surface area (Å²) in [6.07, 6.45) is -0.392. The zero-order valence-corrected chi connectivity index (χ0v) is 13.5. The summed E-state index contributed by atoms with van der Waals surface area (Å²) in [5.74, 6) is -2.62. The normalized spacial score (nSPS) is 19.2. The molecule has 1 atom stereocenters. The van der Waals surface area contributed by atoms with Crippen LogP contribution in [0.25, 0.3) is 0 Å². The van der Waals surface area contributed by atoms with Gasteiger partial charge in [0.25, 0.3) is 5.91 Å². The quantitative estimate of drug-likeness (QED) is 0.633. The van der Waals surface area contributed by atoms with Crippen molar-refractivity contribution in [2.75, 3.05) is 5.32 Å². The first kappa shape index (κ1) is 16.5. The summed E-state index contributed by atoms with van der Waals surface area (Å²) in [5.41, 5.74) is -1.85. The van der Waals surface area contributed by atoms with E-state index in [1.165, 1.54) is 18.2 Å². The predicted molar refractivity (Wildman–Crippen MR) is 85.6 cm³/mol. The number of nitrogens with one attached hydrogen (secondary N) is 1. The van der Waals surface area contributed by atoms with Crippen molar-refractivity contribution in [3.8, 4) is 5.88 Å². The van der Waals surface area contributed by atoms with Gasteiger partial charge in [0.1, 0.15) is 4.88 Å². The van der Waals surface area contributed by atoms with Crippen LogP contribution in [0.5, 0.6) is 5.88 Å². The maximum atomic E-state index is 12.3. The summed E-state index contributed by atoms with van der Waals surface area (Å²) >= 11 is 6.38. The fourth-order valence-electron chi connectivity index (χ4n) is 2.52. The number of aliphatic hydroxyl groups is 1. The Morgan fingerprint density at radius 1 is 1.38 bits per heavy atom. The minimum Gasteiger partial charge on any atom is -0.493 e. The topological polar surface area (TPSA) is 129 Å². The van der Waals surface area contributed by atoms with E-state index in [4.69, 9.17) is 16.7 Å². The largest absolute Gasteiger partial charge is 0.493 e. The van der Waals surface area contributed by atoms with Gasteiger partial charge in [-0.2, -0.15) is 0 Å². The zero-order valence-electron chi connectivity index (χ0n) is 11.9. The molecular formula is C14H11ClN2O6S. The molecule has 8 nitrogen and oxygen atoms in total. The highest BCUT2D eigenvalue weighted by molar-refractivity contribution is 7.10. The smallest absolute Gasteiger partial charge is 0.310 e. The van der Waals surface area contributed by atoms with Crippen LogP contribution in [0.1, 0.15) is 16.9 Å². The fourth-order valence-corrected chi connectivity index (χ4v) is 3.71. The summed E-state index contributed by atoms with van der Waals surface area (Å²) in [6, 6.07) is 4.38. The molecular weight excluding hydrogens is 360 g/mol. The Balaban J connectivity index is 2.14. The van der Waals surface area contributed by atoms with E-state index >= 15 is 0 Å². The van der Waals surface area contributed by atoms with Crippen molar-refractivity contribution in [2.45, 2.75) is 18.6 Å². The third kappa shape index (κ3) is 2.37. The first-order valence-electron chi connectivity index (χ1n) is 6.74. The fraction of sp³-hybridized carbons (Fsp3) is 0.214. The van der Waals surface area contributed by atoms with Crippen molar-refractivity contribution in [3.63, 3.8) is 0 Å². The van der Waals surface area contributed by atoms with Gasteiger partial charge in [-0.05, 0) is 18.2 Å². The number of aromatic hydroxyl groups is 1. The SMILES string of the molecule is O=C(O)CCn1c(O)c(C2(O)C(=O)Nc3ccc(Cl)cc32)sc1=O. The van der Waals surface area contributed by atoms with Gasteiger partial charge in [0.05, 0.1) is 6.42 Å². The van der Waals surface area contributed by atoms with E-state index in [1.807, 2.05) is 0 Å². The lowest BCUT2D eigenvalue weighted by Gasteiger charge is -2.19. The van der Waals surface area contributed by atoms with Gasteiger partial charge >= 0.3 is 10.8 Å². The number of carboxylic acids is 1. The van der Waals surface area contributed by atoms with Gasteiger partial charge in [-0.1, -0.05) is 22.9 Å². The number of hydrogen-bond acceptors (Lipinski definition) is 6. The lowest BCUT2D eigenvalue weighted by Crippen LogP contribution is -2.34. The van der Waals surface area contributed by atoms with Crippen LogP contribution in [0.3, 0.4) is 0 Å². The van der Waals surface area contributed by atoms with Crippen molar-refractivity contribution < 1.29 is 24.9 Å². The van der Waals surface area contributed by atoms with E-state index in [9.17, 15) is 24.6 Å². The molecule has 0 bridgehead atoms. The van der Waals surface area contributed by atoms with Crippen molar-refractivity contribution >= 4 is 40.5 Å². The minimum absolute atomic E-state index is 0.113. The van der Waals surface area contributed by atoms with E-state index < -0.39 is 34.7 Å². The van der Waals surface area contributed by atoms with Crippen molar-refractivity contribution in [1.82, 2.24) is 4.57 Å². The molecule has 1 unspecified atom stereocenters. The van der Waals surface area contributed by atoms with Gasteiger partial charge in [-0.15, -0.1) is 0 Å². The number of fused-ring (bicyclic) bond motifs is 1. The number of carbonyl (C=O) groups is 2. The number of nitrogens with zero attached hydrogens (tertiary/aromatic N) is 1. The third-order valence-corrected chi connectivity index (χ3v) is 5.01. The van der Waals surface area contributed by atoms with Crippen LogP contribution in [-0.4, -0.2) is 31.8 Å². The first-order chi connectivity index (χ1) is 11.2. The molecule has 1 amide bonds. The summed E-state index contributed by atoms with van der Waals surface area (Å²) in [6.45, 7) is -0.281. The number of anilines is 1. The molecule has 1 aliphatic heterocycles. The molecule has 24 heavy (non-hydrogen) atoms. The third-order valence-electron chi connectivity index (χ3n) is 3.69. The molecule has 2 heterocycles. The number of aromatic nitrogens is 1. The Hall–Kier alpha value is -2.36. The molecule has 4 N–H and O–H groups in total.